The van der Waals surface area contributed by atoms with E-state index >= 15 is 0 Å². The molecule has 25 heavy (non-hydrogen) atoms. The van der Waals surface area contributed by atoms with Gasteiger partial charge in [0.15, 0.2) is 0 Å². The van der Waals surface area contributed by atoms with Crippen LogP contribution >= 0.6 is 23.2 Å². The number of nitrogens with one attached hydrogen (secondary N) is 1. The van der Waals surface area contributed by atoms with Crippen LogP contribution in [0.1, 0.15) is 35.3 Å². The van der Waals surface area contributed by atoms with E-state index in [0.717, 1.165) is 16.3 Å². The molecule has 0 aliphatic carbocycles. The van der Waals surface area contributed by atoms with Crippen molar-refractivity contribution >= 4 is 23.2 Å². The average molecular weight is 374 g/mol. The van der Waals surface area contributed by atoms with Gasteiger partial charge in [0.25, 0.3) is 0 Å². The van der Waals surface area contributed by atoms with Gasteiger partial charge in [-0.1, -0.05) is 65.7 Å². The Kier molecular flexibility index (Phi) is 5.79. The molecule has 3 rings (SSSR count). The summed E-state index contributed by atoms with van der Waals surface area (Å²) in [6, 6.07) is 18.3. The van der Waals surface area contributed by atoms with Crippen molar-refractivity contribution < 1.29 is 0 Å². The summed E-state index contributed by atoms with van der Waals surface area (Å²) in [6.07, 6.45) is 0. The SMILES string of the molecule is Cc1nn(Cc2ccccc2)c(Cl)c1CN[C@@H](C)c1ccc(Cl)cc1. The van der Waals surface area contributed by atoms with Crippen molar-refractivity contribution in [1.29, 1.82) is 0 Å². The number of halogens is 2. The van der Waals surface area contributed by atoms with Gasteiger partial charge in [-0.05, 0) is 37.1 Å². The molecule has 5 heteroatoms. The standard InChI is InChI=1S/C20H21Cl2N3/c1-14(17-8-10-18(21)11-9-17)23-12-19-15(2)24-25(20(19)22)13-16-6-4-3-5-7-16/h3-11,14,23H,12-13H2,1-2H3/t14-/m0/s1. The Balaban J connectivity index is 1.69. The minimum Gasteiger partial charge on any atom is -0.306 e. The molecule has 0 bridgehead atoms. The van der Waals surface area contributed by atoms with E-state index in [9.17, 15) is 0 Å². The third kappa shape index (κ3) is 4.43. The number of aromatic nitrogens is 2. The number of hydrogen-bond donors (Lipinski definition) is 1. The maximum Gasteiger partial charge on any atom is 0.132 e. The van der Waals surface area contributed by atoms with E-state index in [1.165, 1.54) is 11.1 Å². The van der Waals surface area contributed by atoms with Crippen LogP contribution in [0, 0.1) is 6.92 Å². The second-order valence-corrected chi connectivity index (χ2v) is 6.95. The normalized spacial score (nSPS) is 12.3. The van der Waals surface area contributed by atoms with Gasteiger partial charge in [0, 0.05) is 23.2 Å². The van der Waals surface area contributed by atoms with Gasteiger partial charge < -0.3 is 5.32 Å². The lowest BCUT2D eigenvalue weighted by atomic mass is 10.1. The van der Waals surface area contributed by atoms with Crippen LogP contribution < -0.4 is 5.32 Å². The van der Waals surface area contributed by atoms with Gasteiger partial charge in [-0.2, -0.15) is 5.10 Å². The number of aryl methyl sites for hydroxylation is 1. The second-order valence-electron chi connectivity index (χ2n) is 6.15. The van der Waals surface area contributed by atoms with Crippen molar-refractivity contribution in [3.05, 3.63) is 87.2 Å². The molecule has 1 aromatic heterocycles. The Morgan fingerprint density at radius 2 is 1.72 bits per heavy atom. The van der Waals surface area contributed by atoms with Crippen molar-refractivity contribution in [2.75, 3.05) is 0 Å². The molecular formula is C20H21Cl2N3. The third-order valence-electron chi connectivity index (χ3n) is 4.31. The zero-order valence-corrected chi connectivity index (χ0v) is 15.8. The Morgan fingerprint density at radius 1 is 1.04 bits per heavy atom. The smallest absolute Gasteiger partial charge is 0.132 e. The maximum absolute atomic E-state index is 6.57. The van der Waals surface area contributed by atoms with Crippen LogP contribution in [0.4, 0.5) is 0 Å². The number of rotatable bonds is 6. The summed E-state index contributed by atoms with van der Waals surface area (Å²) in [4.78, 5) is 0. The topological polar surface area (TPSA) is 29.9 Å². The molecule has 0 aliphatic heterocycles. The second kappa shape index (κ2) is 8.05. The summed E-state index contributed by atoms with van der Waals surface area (Å²) in [5.41, 5.74) is 4.37. The quantitative estimate of drug-likeness (QED) is 0.626. The van der Waals surface area contributed by atoms with Crippen LogP contribution in [0.5, 0.6) is 0 Å². The van der Waals surface area contributed by atoms with Crippen LogP contribution in [0.25, 0.3) is 0 Å². The molecule has 0 radical (unpaired) electrons. The summed E-state index contributed by atoms with van der Waals surface area (Å²) in [7, 11) is 0. The molecule has 0 amide bonds. The summed E-state index contributed by atoms with van der Waals surface area (Å²) in [6.45, 7) is 5.47. The molecule has 0 fully saturated rings. The number of nitrogens with zero attached hydrogens (tertiary/aromatic N) is 2. The van der Waals surface area contributed by atoms with E-state index in [1.807, 2.05) is 54.1 Å². The fraction of sp³-hybridized carbons (Fsp3) is 0.250. The van der Waals surface area contributed by atoms with Gasteiger partial charge in [-0.3, -0.25) is 0 Å². The van der Waals surface area contributed by atoms with Crippen LogP contribution in [0.15, 0.2) is 54.6 Å². The lowest BCUT2D eigenvalue weighted by molar-refractivity contribution is 0.573. The summed E-state index contributed by atoms with van der Waals surface area (Å²) in [5.74, 6) is 0. The first kappa shape index (κ1) is 18.0. The minimum atomic E-state index is 0.199. The lowest BCUT2D eigenvalue weighted by Crippen LogP contribution is -2.18. The van der Waals surface area contributed by atoms with Crippen molar-refractivity contribution in [2.24, 2.45) is 0 Å². The predicted molar refractivity (Wildman–Crippen MR) is 104 cm³/mol. The average Bonchev–Trinajstić information content (AvgIpc) is 2.88. The molecule has 3 nitrogen and oxygen atoms in total. The molecular weight excluding hydrogens is 353 g/mol. The van der Waals surface area contributed by atoms with E-state index in [1.54, 1.807) is 0 Å². The summed E-state index contributed by atoms with van der Waals surface area (Å²) < 4.78 is 1.86. The Morgan fingerprint density at radius 3 is 2.40 bits per heavy atom. The predicted octanol–water partition coefficient (Wildman–Crippen LogP) is 5.40. The highest BCUT2D eigenvalue weighted by Gasteiger charge is 2.15. The van der Waals surface area contributed by atoms with E-state index in [0.29, 0.717) is 18.2 Å². The minimum absolute atomic E-state index is 0.199. The third-order valence-corrected chi connectivity index (χ3v) is 4.99. The molecule has 0 saturated heterocycles. The molecule has 1 heterocycles. The molecule has 3 aromatic rings. The Hall–Kier alpha value is -1.81. The van der Waals surface area contributed by atoms with Gasteiger partial charge >= 0.3 is 0 Å². The van der Waals surface area contributed by atoms with Crippen molar-refractivity contribution in [1.82, 2.24) is 15.1 Å². The zero-order valence-electron chi connectivity index (χ0n) is 14.3. The highest BCUT2D eigenvalue weighted by molar-refractivity contribution is 6.30. The molecule has 2 aromatic carbocycles. The first-order valence-electron chi connectivity index (χ1n) is 8.29. The van der Waals surface area contributed by atoms with Gasteiger partial charge in [0.2, 0.25) is 0 Å². The molecule has 1 N–H and O–H groups in total. The molecule has 0 unspecified atom stereocenters. The van der Waals surface area contributed by atoms with Gasteiger partial charge in [0.05, 0.1) is 12.2 Å². The van der Waals surface area contributed by atoms with Crippen molar-refractivity contribution in [3.63, 3.8) is 0 Å². The number of benzene rings is 2. The van der Waals surface area contributed by atoms with Crippen LogP contribution in [0.3, 0.4) is 0 Å². The Bertz CT molecular complexity index is 826. The van der Waals surface area contributed by atoms with Crippen LogP contribution in [-0.2, 0) is 13.1 Å². The number of hydrogen-bond acceptors (Lipinski definition) is 2. The summed E-state index contributed by atoms with van der Waals surface area (Å²) in [5, 5.41) is 9.55. The van der Waals surface area contributed by atoms with E-state index in [4.69, 9.17) is 23.2 Å². The first-order valence-corrected chi connectivity index (χ1v) is 9.04. The van der Waals surface area contributed by atoms with Crippen LogP contribution in [0.2, 0.25) is 10.2 Å². The molecule has 130 valence electrons. The maximum atomic E-state index is 6.57. The fourth-order valence-corrected chi connectivity index (χ4v) is 3.20. The summed E-state index contributed by atoms with van der Waals surface area (Å²) >= 11 is 12.5. The highest BCUT2D eigenvalue weighted by atomic mass is 35.5. The zero-order chi connectivity index (χ0) is 17.8. The molecule has 1 atom stereocenters. The molecule has 0 aliphatic rings. The van der Waals surface area contributed by atoms with E-state index in [-0.39, 0.29) is 6.04 Å². The van der Waals surface area contributed by atoms with E-state index < -0.39 is 0 Å². The van der Waals surface area contributed by atoms with Gasteiger partial charge in [-0.15, -0.1) is 0 Å². The van der Waals surface area contributed by atoms with Crippen LogP contribution in [-0.4, -0.2) is 9.78 Å². The highest BCUT2D eigenvalue weighted by Crippen LogP contribution is 2.22. The molecule has 0 spiro atoms. The monoisotopic (exact) mass is 373 g/mol. The van der Waals surface area contributed by atoms with Gasteiger partial charge in [0.1, 0.15) is 5.15 Å². The lowest BCUT2D eigenvalue weighted by Gasteiger charge is -2.14. The Labute approximate surface area is 158 Å². The van der Waals surface area contributed by atoms with Crippen molar-refractivity contribution in [2.45, 2.75) is 33.0 Å². The largest absolute Gasteiger partial charge is 0.306 e. The fourth-order valence-electron chi connectivity index (χ4n) is 2.78. The first-order chi connectivity index (χ1) is 12.0. The molecule has 0 saturated carbocycles. The van der Waals surface area contributed by atoms with E-state index in [2.05, 4.69) is 29.5 Å². The van der Waals surface area contributed by atoms with Crippen molar-refractivity contribution in [3.8, 4) is 0 Å². The van der Waals surface area contributed by atoms with Gasteiger partial charge in [-0.25, -0.2) is 4.68 Å².